The van der Waals surface area contributed by atoms with E-state index in [1.165, 1.54) is 0 Å². The van der Waals surface area contributed by atoms with Crippen LogP contribution in [0.1, 0.15) is 31.1 Å². The van der Waals surface area contributed by atoms with E-state index in [1.54, 1.807) is 19.9 Å². The molecule has 0 fully saturated rings. The zero-order valence-electron chi connectivity index (χ0n) is 16.4. The number of benzene rings is 1. The fraction of sp³-hybridized carbons (Fsp3) is 0.556. The molecule has 1 aromatic heterocycles. The lowest BCUT2D eigenvalue weighted by Gasteiger charge is -2.20. The van der Waals surface area contributed by atoms with E-state index in [9.17, 15) is 8.42 Å². The van der Waals surface area contributed by atoms with Gasteiger partial charge in [0.2, 0.25) is 16.8 Å². The van der Waals surface area contributed by atoms with Crippen molar-refractivity contribution in [2.45, 2.75) is 45.2 Å². The van der Waals surface area contributed by atoms with E-state index < -0.39 is 15.3 Å². The SMILES string of the molecule is CC(C)S(=O)(=O)NCc1nnc2n1CCN(Cc1cc3c(cc1Cl)OCO3)CC2. The molecule has 29 heavy (non-hydrogen) atoms. The summed E-state index contributed by atoms with van der Waals surface area (Å²) in [6.07, 6.45) is 0.728. The van der Waals surface area contributed by atoms with Crippen molar-refractivity contribution in [1.82, 2.24) is 24.4 Å². The molecule has 11 heteroatoms. The molecule has 0 spiro atoms. The van der Waals surface area contributed by atoms with Crippen molar-refractivity contribution in [3.05, 3.63) is 34.4 Å². The first-order valence-corrected chi connectivity index (χ1v) is 11.5. The van der Waals surface area contributed by atoms with Gasteiger partial charge >= 0.3 is 0 Å². The molecule has 158 valence electrons. The maximum Gasteiger partial charge on any atom is 0.231 e. The Morgan fingerprint density at radius 3 is 2.69 bits per heavy atom. The van der Waals surface area contributed by atoms with Crippen molar-refractivity contribution in [2.75, 3.05) is 19.9 Å². The number of aromatic nitrogens is 3. The zero-order chi connectivity index (χ0) is 20.6. The van der Waals surface area contributed by atoms with Crippen molar-refractivity contribution in [3.63, 3.8) is 0 Å². The molecule has 0 radical (unpaired) electrons. The third-order valence-electron chi connectivity index (χ3n) is 5.18. The van der Waals surface area contributed by atoms with Crippen molar-refractivity contribution in [2.24, 2.45) is 0 Å². The van der Waals surface area contributed by atoms with Gasteiger partial charge in [0, 0.05) is 43.7 Å². The summed E-state index contributed by atoms with van der Waals surface area (Å²) in [5.41, 5.74) is 0.985. The Morgan fingerprint density at radius 2 is 1.93 bits per heavy atom. The van der Waals surface area contributed by atoms with E-state index in [-0.39, 0.29) is 13.3 Å². The molecule has 0 saturated heterocycles. The summed E-state index contributed by atoms with van der Waals surface area (Å²) in [7, 11) is -3.35. The van der Waals surface area contributed by atoms with Gasteiger partial charge in [-0.25, -0.2) is 13.1 Å². The Balaban J connectivity index is 1.42. The quantitative estimate of drug-likeness (QED) is 0.726. The highest BCUT2D eigenvalue weighted by atomic mass is 35.5. The maximum absolute atomic E-state index is 12.0. The number of fused-ring (bicyclic) bond motifs is 2. The van der Waals surface area contributed by atoms with Crippen LogP contribution in [0.3, 0.4) is 0 Å². The number of sulfonamides is 1. The standard InChI is InChI=1S/C18H24ClN5O4S/c1-12(2)29(25,26)20-9-18-22-21-17-3-4-23(5-6-24(17)18)10-13-7-15-16(8-14(13)19)28-11-27-15/h7-8,12,20H,3-6,9-11H2,1-2H3. The van der Waals surface area contributed by atoms with Crippen molar-refractivity contribution in [3.8, 4) is 11.5 Å². The molecule has 0 unspecified atom stereocenters. The summed E-state index contributed by atoms with van der Waals surface area (Å²) in [6, 6.07) is 3.73. The summed E-state index contributed by atoms with van der Waals surface area (Å²) < 4.78 is 39.5. The molecule has 0 aliphatic carbocycles. The van der Waals surface area contributed by atoms with Crippen molar-refractivity contribution < 1.29 is 17.9 Å². The van der Waals surface area contributed by atoms with Crippen LogP contribution in [0.25, 0.3) is 0 Å². The number of hydrogen-bond donors (Lipinski definition) is 1. The van der Waals surface area contributed by atoms with Crippen LogP contribution in [-0.2, 0) is 36.1 Å². The van der Waals surface area contributed by atoms with E-state index >= 15 is 0 Å². The van der Waals surface area contributed by atoms with Crippen molar-refractivity contribution >= 4 is 21.6 Å². The van der Waals surface area contributed by atoms with Crippen LogP contribution < -0.4 is 14.2 Å². The Labute approximate surface area is 175 Å². The number of ether oxygens (including phenoxy) is 2. The predicted octanol–water partition coefficient (Wildman–Crippen LogP) is 1.55. The molecule has 1 aromatic carbocycles. The minimum Gasteiger partial charge on any atom is -0.454 e. The minimum atomic E-state index is -3.35. The van der Waals surface area contributed by atoms with Crippen LogP contribution in [-0.4, -0.2) is 53.2 Å². The van der Waals surface area contributed by atoms with Gasteiger partial charge in [0.05, 0.1) is 11.8 Å². The Bertz CT molecular complexity index is 1010. The molecular formula is C18H24ClN5O4S. The molecule has 9 nitrogen and oxygen atoms in total. The molecule has 1 N–H and O–H groups in total. The number of rotatable bonds is 6. The number of hydrogen-bond acceptors (Lipinski definition) is 7. The maximum atomic E-state index is 12.0. The third kappa shape index (κ3) is 4.35. The highest BCUT2D eigenvalue weighted by molar-refractivity contribution is 7.90. The predicted molar refractivity (Wildman–Crippen MR) is 107 cm³/mol. The Morgan fingerprint density at radius 1 is 1.17 bits per heavy atom. The molecule has 4 rings (SSSR count). The van der Waals surface area contributed by atoms with Gasteiger partial charge in [0.1, 0.15) is 11.6 Å². The fourth-order valence-electron chi connectivity index (χ4n) is 3.37. The first kappa shape index (κ1) is 20.4. The second-order valence-electron chi connectivity index (χ2n) is 7.42. The fourth-order valence-corrected chi connectivity index (χ4v) is 4.25. The van der Waals surface area contributed by atoms with Gasteiger partial charge in [-0.15, -0.1) is 10.2 Å². The lowest BCUT2D eigenvalue weighted by atomic mass is 10.2. The molecule has 0 atom stereocenters. The molecule has 0 amide bonds. The molecule has 0 saturated carbocycles. The zero-order valence-corrected chi connectivity index (χ0v) is 18.0. The highest BCUT2D eigenvalue weighted by Crippen LogP contribution is 2.37. The van der Waals surface area contributed by atoms with Crippen molar-refractivity contribution in [1.29, 1.82) is 0 Å². The largest absolute Gasteiger partial charge is 0.454 e. The highest BCUT2D eigenvalue weighted by Gasteiger charge is 2.23. The van der Waals surface area contributed by atoms with Crippen LogP contribution >= 0.6 is 11.6 Å². The lowest BCUT2D eigenvalue weighted by Crippen LogP contribution is -2.31. The summed E-state index contributed by atoms with van der Waals surface area (Å²) in [4.78, 5) is 2.29. The average Bonchev–Trinajstić information content (AvgIpc) is 3.23. The van der Waals surface area contributed by atoms with E-state index in [1.807, 2.05) is 10.6 Å². The number of halogens is 1. The topological polar surface area (TPSA) is 98.6 Å². The Kier molecular flexibility index (Phi) is 5.69. The van der Waals surface area contributed by atoms with Gasteiger partial charge < -0.3 is 14.0 Å². The van der Waals surface area contributed by atoms with Crippen LogP contribution in [0, 0.1) is 0 Å². The van der Waals surface area contributed by atoms with Gasteiger partial charge in [0.15, 0.2) is 11.5 Å². The third-order valence-corrected chi connectivity index (χ3v) is 7.32. The molecule has 3 heterocycles. The van der Waals surface area contributed by atoms with E-state index in [0.717, 1.165) is 36.6 Å². The monoisotopic (exact) mass is 441 g/mol. The van der Waals surface area contributed by atoms with Crippen LogP contribution in [0.2, 0.25) is 5.02 Å². The smallest absolute Gasteiger partial charge is 0.231 e. The first-order valence-electron chi connectivity index (χ1n) is 9.53. The van der Waals surface area contributed by atoms with Gasteiger partial charge in [-0.05, 0) is 25.5 Å². The normalized spacial score (nSPS) is 16.8. The average molecular weight is 442 g/mol. The van der Waals surface area contributed by atoms with Crippen LogP contribution in [0.5, 0.6) is 11.5 Å². The molecular weight excluding hydrogens is 418 g/mol. The van der Waals surface area contributed by atoms with E-state index in [4.69, 9.17) is 21.1 Å². The van der Waals surface area contributed by atoms with Gasteiger partial charge in [0.25, 0.3) is 0 Å². The first-order chi connectivity index (χ1) is 13.8. The van der Waals surface area contributed by atoms with Gasteiger partial charge in [-0.2, -0.15) is 0 Å². The molecule has 2 aromatic rings. The summed E-state index contributed by atoms with van der Waals surface area (Å²) in [6.45, 7) is 6.60. The van der Waals surface area contributed by atoms with E-state index in [2.05, 4.69) is 19.8 Å². The van der Waals surface area contributed by atoms with E-state index in [0.29, 0.717) is 29.7 Å². The second-order valence-corrected chi connectivity index (χ2v) is 10.2. The van der Waals surface area contributed by atoms with Crippen LogP contribution in [0.4, 0.5) is 0 Å². The second kappa shape index (κ2) is 8.10. The summed E-state index contributed by atoms with van der Waals surface area (Å²) >= 11 is 6.42. The summed E-state index contributed by atoms with van der Waals surface area (Å²) in [5.74, 6) is 2.89. The van der Waals surface area contributed by atoms with Gasteiger partial charge in [-0.3, -0.25) is 4.90 Å². The molecule has 2 aliphatic heterocycles. The number of nitrogens with zero attached hydrogens (tertiary/aromatic N) is 4. The van der Waals surface area contributed by atoms with Gasteiger partial charge in [-0.1, -0.05) is 11.6 Å². The molecule has 2 aliphatic rings. The Hall–Kier alpha value is -1.88. The minimum absolute atomic E-state index is 0.140. The summed E-state index contributed by atoms with van der Waals surface area (Å²) in [5, 5.41) is 8.60. The van der Waals surface area contributed by atoms with Crippen LogP contribution in [0.15, 0.2) is 12.1 Å². The number of nitrogens with one attached hydrogen (secondary N) is 1. The molecule has 0 bridgehead atoms. The lowest BCUT2D eigenvalue weighted by molar-refractivity contribution is 0.174.